The maximum Gasteiger partial charge on any atom is 0.472 e. The summed E-state index contributed by atoms with van der Waals surface area (Å²) in [6, 6.07) is 0. The lowest BCUT2D eigenvalue weighted by molar-refractivity contribution is -0.161. The largest absolute Gasteiger partial charge is 0.472 e. The molecule has 0 spiro atoms. The molecule has 280 valence electrons. The monoisotopic (exact) mass is 692 g/mol. The topological polar surface area (TPSA) is 134 Å². The summed E-state index contributed by atoms with van der Waals surface area (Å²) in [5.41, 5.74) is 5.33. The van der Waals surface area contributed by atoms with Gasteiger partial charge in [-0.2, -0.15) is 0 Å². The number of carbonyl (C=O) groups excluding carboxylic acids is 2. The third-order valence-electron chi connectivity index (χ3n) is 8.49. The van der Waals surface area contributed by atoms with E-state index in [9.17, 15) is 19.0 Å². The molecular formula is C37H74NO8P. The van der Waals surface area contributed by atoms with Gasteiger partial charge in [-0.1, -0.05) is 168 Å². The Morgan fingerprint density at radius 2 is 0.915 bits per heavy atom. The fraction of sp³-hybridized carbons (Fsp3) is 0.946. The highest BCUT2D eigenvalue weighted by Crippen LogP contribution is 2.43. The quantitative estimate of drug-likeness (QED) is 0.0371. The Balaban J connectivity index is 4.12. The molecule has 0 bridgehead atoms. The third-order valence-corrected chi connectivity index (χ3v) is 9.48. The van der Waals surface area contributed by atoms with Crippen LogP contribution in [0.25, 0.3) is 0 Å². The Hall–Kier alpha value is -0.990. The van der Waals surface area contributed by atoms with Crippen LogP contribution >= 0.6 is 7.82 Å². The first-order valence-corrected chi connectivity index (χ1v) is 21.0. The van der Waals surface area contributed by atoms with Crippen molar-refractivity contribution < 1.29 is 37.6 Å². The Labute approximate surface area is 288 Å². The maximum absolute atomic E-state index is 12.5. The number of nitrogens with two attached hydrogens (primary N) is 1. The summed E-state index contributed by atoms with van der Waals surface area (Å²) in [7, 11) is -4.36. The number of phosphoric acid groups is 1. The van der Waals surface area contributed by atoms with Gasteiger partial charge < -0.3 is 20.1 Å². The van der Waals surface area contributed by atoms with Gasteiger partial charge in [0.1, 0.15) is 6.61 Å². The molecule has 0 aromatic rings. The standard InChI is InChI=1S/C37H74NO8P/c1-3-5-7-9-11-13-14-15-16-17-18-19-20-22-24-26-28-30-37(40)46-35(34-45-47(41,42)44-32-31-38)33-43-36(39)29-27-25-23-21-12-10-8-6-4-2/h35H,3-34,38H2,1-2H3,(H,41,42). The summed E-state index contributed by atoms with van der Waals surface area (Å²) in [6.45, 7) is 3.73. The number of hydrogen-bond donors (Lipinski definition) is 2. The van der Waals surface area contributed by atoms with Crippen LogP contribution in [-0.2, 0) is 32.7 Å². The average molecular weight is 692 g/mol. The molecule has 0 radical (unpaired) electrons. The smallest absolute Gasteiger partial charge is 0.462 e. The van der Waals surface area contributed by atoms with Gasteiger partial charge in [-0.15, -0.1) is 0 Å². The van der Waals surface area contributed by atoms with E-state index in [-0.39, 0.29) is 38.6 Å². The molecule has 0 fully saturated rings. The van der Waals surface area contributed by atoms with Crippen molar-refractivity contribution >= 4 is 19.8 Å². The Kier molecular flexibility index (Phi) is 34.1. The molecule has 0 aliphatic heterocycles. The van der Waals surface area contributed by atoms with Crippen molar-refractivity contribution in [3.8, 4) is 0 Å². The van der Waals surface area contributed by atoms with Crippen LogP contribution in [0.4, 0.5) is 0 Å². The summed E-state index contributed by atoms with van der Waals surface area (Å²) in [4.78, 5) is 34.6. The predicted octanol–water partition coefficient (Wildman–Crippen LogP) is 10.5. The Morgan fingerprint density at radius 3 is 1.30 bits per heavy atom. The first kappa shape index (κ1) is 46.0. The van der Waals surface area contributed by atoms with Gasteiger partial charge in [0.15, 0.2) is 6.10 Å². The van der Waals surface area contributed by atoms with E-state index in [2.05, 4.69) is 13.8 Å². The minimum absolute atomic E-state index is 0.0577. The highest BCUT2D eigenvalue weighted by atomic mass is 31.2. The minimum atomic E-state index is -4.36. The summed E-state index contributed by atoms with van der Waals surface area (Å²) in [5.74, 6) is -0.820. The Bertz CT molecular complexity index is 754. The average Bonchev–Trinajstić information content (AvgIpc) is 3.05. The zero-order chi connectivity index (χ0) is 34.7. The first-order valence-electron chi connectivity index (χ1n) is 19.5. The molecule has 10 heteroatoms. The van der Waals surface area contributed by atoms with E-state index in [1.54, 1.807) is 0 Å². The molecule has 0 aliphatic carbocycles. The van der Waals surface area contributed by atoms with Crippen molar-refractivity contribution in [3.63, 3.8) is 0 Å². The SMILES string of the molecule is CCCCCCCCCCCCCCCCCCCC(=O)OC(COC(=O)CCCCCCCCCCC)COP(=O)(O)OCCN. The molecule has 9 nitrogen and oxygen atoms in total. The van der Waals surface area contributed by atoms with E-state index >= 15 is 0 Å². The van der Waals surface area contributed by atoms with Crippen LogP contribution in [0.2, 0.25) is 0 Å². The summed E-state index contributed by atoms with van der Waals surface area (Å²) >= 11 is 0. The number of carbonyl (C=O) groups is 2. The van der Waals surface area contributed by atoms with Gasteiger partial charge in [-0.05, 0) is 12.8 Å². The molecule has 47 heavy (non-hydrogen) atoms. The second-order valence-corrected chi connectivity index (χ2v) is 14.6. The van der Waals surface area contributed by atoms with Crippen molar-refractivity contribution in [2.24, 2.45) is 5.73 Å². The maximum atomic E-state index is 12.5. The lowest BCUT2D eigenvalue weighted by atomic mass is 10.0. The molecule has 2 unspecified atom stereocenters. The van der Waals surface area contributed by atoms with Gasteiger partial charge in [-0.25, -0.2) is 4.57 Å². The van der Waals surface area contributed by atoms with Gasteiger partial charge in [0.05, 0.1) is 13.2 Å². The molecular weight excluding hydrogens is 617 g/mol. The summed E-state index contributed by atoms with van der Waals surface area (Å²) < 4.78 is 32.6. The number of hydrogen-bond acceptors (Lipinski definition) is 8. The summed E-state index contributed by atoms with van der Waals surface area (Å²) in [6.07, 6.45) is 31.4. The molecule has 0 saturated carbocycles. The molecule has 0 aromatic carbocycles. The molecule has 0 amide bonds. The van der Waals surface area contributed by atoms with Gasteiger partial charge in [0, 0.05) is 19.4 Å². The van der Waals surface area contributed by atoms with Crippen LogP contribution in [0.15, 0.2) is 0 Å². The lowest BCUT2D eigenvalue weighted by Crippen LogP contribution is -2.29. The van der Waals surface area contributed by atoms with Gasteiger partial charge in [0.25, 0.3) is 0 Å². The number of phosphoric ester groups is 1. The van der Waals surface area contributed by atoms with E-state index < -0.39 is 26.5 Å². The van der Waals surface area contributed by atoms with Gasteiger partial charge in [-0.3, -0.25) is 18.6 Å². The van der Waals surface area contributed by atoms with E-state index in [1.807, 2.05) is 0 Å². The predicted molar refractivity (Wildman–Crippen MR) is 192 cm³/mol. The molecule has 2 atom stereocenters. The van der Waals surface area contributed by atoms with Gasteiger partial charge in [0.2, 0.25) is 0 Å². The molecule has 3 N–H and O–H groups in total. The van der Waals surface area contributed by atoms with Crippen LogP contribution in [0, 0.1) is 0 Å². The third kappa shape index (κ3) is 34.7. The van der Waals surface area contributed by atoms with Crippen molar-refractivity contribution in [1.82, 2.24) is 0 Å². The highest BCUT2D eigenvalue weighted by Gasteiger charge is 2.26. The number of esters is 2. The fourth-order valence-electron chi connectivity index (χ4n) is 5.58. The summed E-state index contributed by atoms with van der Waals surface area (Å²) in [5, 5.41) is 0. The number of rotatable bonds is 37. The minimum Gasteiger partial charge on any atom is -0.462 e. The molecule has 0 saturated heterocycles. The second-order valence-electron chi connectivity index (χ2n) is 13.2. The zero-order valence-electron chi connectivity index (χ0n) is 30.5. The van der Waals surface area contributed by atoms with Crippen LogP contribution in [0.3, 0.4) is 0 Å². The van der Waals surface area contributed by atoms with Crippen molar-refractivity contribution in [2.45, 2.75) is 200 Å². The molecule has 0 aliphatic rings. The van der Waals surface area contributed by atoms with Gasteiger partial charge >= 0.3 is 19.8 Å². The van der Waals surface area contributed by atoms with E-state index in [0.717, 1.165) is 32.1 Å². The highest BCUT2D eigenvalue weighted by molar-refractivity contribution is 7.47. The normalized spacial score (nSPS) is 13.4. The fourth-order valence-corrected chi connectivity index (χ4v) is 6.34. The molecule has 0 heterocycles. The number of unbranched alkanes of at least 4 members (excludes halogenated alkanes) is 24. The second kappa shape index (κ2) is 34.9. The Morgan fingerprint density at radius 1 is 0.553 bits per heavy atom. The van der Waals surface area contributed by atoms with E-state index in [4.69, 9.17) is 24.3 Å². The van der Waals surface area contributed by atoms with Crippen molar-refractivity contribution in [1.29, 1.82) is 0 Å². The van der Waals surface area contributed by atoms with E-state index in [1.165, 1.54) is 128 Å². The number of ether oxygens (including phenoxy) is 2. The molecule has 0 aromatic heterocycles. The van der Waals surface area contributed by atoms with E-state index in [0.29, 0.717) is 6.42 Å². The zero-order valence-corrected chi connectivity index (χ0v) is 31.4. The molecule has 0 rings (SSSR count). The van der Waals surface area contributed by atoms with Crippen LogP contribution in [0.1, 0.15) is 194 Å². The van der Waals surface area contributed by atoms with Crippen LogP contribution in [0.5, 0.6) is 0 Å². The first-order chi connectivity index (χ1) is 22.8. The van der Waals surface area contributed by atoms with Crippen LogP contribution < -0.4 is 5.73 Å². The van der Waals surface area contributed by atoms with Crippen molar-refractivity contribution in [2.75, 3.05) is 26.4 Å². The van der Waals surface area contributed by atoms with Crippen LogP contribution in [-0.4, -0.2) is 49.3 Å². The lowest BCUT2D eigenvalue weighted by Gasteiger charge is -2.19. The van der Waals surface area contributed by atoms with Crippen molar-refractivity contribution in [3.05, 3.63) is 0 Å².